The van der Waals surface area contributed by atoms with Crippen LogP contribution in [0.25, 0.3) is 98.4 Å². The largest absolute Gasteiger partial charge is 0.309 e. The molecule has 0 amide bonds. The van der Waals surface area contributed by atoms with Gasteiger partial charge < -0.3 is 9.13 Å². The van der Waals surface area contributed by atoms with E-state index in [0.29, 0.717) is 0 Å². The van der Waals surface area contributed by atoms with Crippen molar-refractivity contribution in [2.75, 3.05) is 0 Å². The summed E-state index contributed by atoms with van der Waals surface area (Å²) in [5.41, 5.74) is 9.45. The van der Waals surface area contributed by atoms with Crippen molar-refractivity contribution in [2.45, 2.75) is 0 Å². The lowest BCUT2D eigenvalue weighted by molar-refractivity contribution is 1.17. The molecule has 232 valence electrons. The highest BCUT2D eigenvalue weighted by Crippen LogP contribution is 2.40. The van der Waals surface area contributed by atoms with Crippen LogP contribution in [-0.2, 0) is 0 Å². The second kappa shape index (κ2) is 10.4. The molecule has 50 heavy (non-hydrogen) atoms. The van der Waals surface area contributed by atoms with E-state index in [1.807, 2.05) is 12.4 Å². The minimum atomic E-state index is 1.15. The second-order valence-electron chi connectivity index (χ2n) is 13.2. The molecule has 0 unspecified atom stereocenters. The predicted octanol–water partition coefficient (Wildman–Crippen LogP) is 12.4. The Labute approximate surface area is 287 Å². The Kier molecular flexibility index (Phi) is 5.67. The zero-order chi connectivity index (χ0) is 32.8. The van der Waals surface area contributed by atoms with Crippen molar-refractivity contribution in [2.24, 2.45) is 0 Å². The van der Waals surface area contributed by atoms with Crippen LogP contribution >= 0.6 is 0 Å². The molecule has 3 nitrogen and oxygen atoms in total. The Morgan fingerprint density at radius 2 is 0.800 bits per heavy atom. The van der Waals surface area contributed by atoms with Gasteiger partial charge in [-0.25, -0.2) is 0 Å². The molecule has 0 N–H and O–H groups in total. The molecule has 0 atom stereocenters. The van der Waals surface area contributed by atoms with E-state index in [9.17, 15) is 0 Å². The standard InChI is InChI=1S/C47H29N3/c1-2-10-32(11-3-1)49-46-23-19-31(27-42(46)43-29-48-25-24-47(43)49)30-18-22-45-41(26-30)39-16-8-9-17-44(39)50(45)33-20-21-38-36-14-5-4-12-34(36)35-13-6-7-15-37(35)40(38)28-33/h1-29H. The second-order valence-corrected chi connectivity index (χ2v) is 13.2. The summed E-state index contributed by atoms with van der Waals surface area (Å²) in [6.07, 6.45) is 3.87. The molecule has 0 aliphatic carbocycles. The smallest absolute Gasteiger partial charge is 0.0571 e. The van der Waals surface area contributed by atoms with Gasteiger partial charge in [0.2, 0.25) is 0 Å². The van der Waals surface area contributed by atoms with Crippen LogP contribution in [0.2, 0.25) is 0 Å². The minimum absolute atomic E-state index is 1.15. The van der Waals surface area contributed by atoms with E-state index in [1.165, 1.54) is 81.8 Å². The molecule has 8 aromatic carbocycles. The Morgan fingerprint density at radius 3 is 1.48 bits per heavy atom. The van der Waals surface area contributed by atoms with Crippen molar-refractivity contribution < 1.29 is 0 Å². The van der Waals surface area contributed by atoms with Crippen molar-refractivity contribution in [1.82, 2.24) is 14.1 Å². The van der Waals surface area contributed by atoms with E-state index in [4.69, 9.17) is 0 Å². The topological polar surface area (TPSA) is 22.8 Å². The predicted molar refractivity (Wildman–Crippen MR) is 211 cm³/mol. The van der Waals surface area contributed by atoms with Gasteiger partial charge >= 0.3 is 0 Å². The number of benzene rings is 8. The molecule has 3 heterocycles. The van der Waals surface area contributed by atoms with Crippen LogP contribution in [0.5, 0.6) is 0 Å². The van der Waals surface area contributed by atoms with Crippen molar-refractivity contribution in [3.8, 4) is 22.5 Å². The molecule has 0 spiro atoms. The lowest BCUT2D eigenvalue weighted by Gasteiger charge is -2.14. The lowest BCUT2D eigenvalue weighted by atomic mass is 9.94. The van der Waals surface area contributed by atoms with E-state index in [-0.39, 0.29) is 0 Å². The maximum Gasteiger partial charge on any atom is 0.0571 e. The van der Waals surface area contributed by atoms with E-state index in [2.05, 4.69) is 178 Å². The summed E-state index contributed by atoms with van der Waals surface area (Å²) in [6, 6.07) is 59.8. The highest BCUT2D eigenvalue weighted by Gasteiger charge is 2.17. The third-order valence-electron chi connectivity index (χ3n) is 10.6. The summed E-state index contributed by atoms with van der Waals surface area (Å²) in [6.45, 7) is 0. The zero-order valence-corrected chi connectivity index (χ0v) is 27.1. The van der Waals surface area contributed by atoms with Crippen LogP contribution in [0.1, 0.15) is 0 Å². The van der Waals surface area contributed by atoms with Gasteiger partial charge in [-0.2, -0.15) is 0 Å². The number of fused-ring (bicyclic) bond motifs is 12. The van der Waals surface area contributed by atoms with Crippen LogP contribution in [0.15, 0.2) is 176 Å². The number of hydrogen-bond donors (Lipinski definition) is 0. The average Bonchev–Trinajstić information content (AvgIpc) is 3.70. The van der Waals surface area contributed by atoms with E-state index < -0.39 is 0 Å². The summed E-state index contributed by atoms with van der Waals surface area (Å²) in [5, 5.41) is 12.6. The van der Waals surface area contributed by atoms with Gasteiger partial charge in [0, 0.05) is 45.3 Å². The van der Waals surface area contributed by atoms with Crippen molar-refractivity contribution in [1.29, 1.82) is 0 Å². The quantitative estimate of drug-likeness (QED) is 0.177. The van der Waals surface area contributed by atoms with Gasteiger partial charge in [-0.15, -0.1) is 0 Å². The molecular weight excluding hydrogens is 607 g/mol. The van der Waals surface area contributed by atoms with E-state index in [1.54, 1.807) is 0 Å². The van der Waals surface area contributed by atoms with Gasteiger partial charge in [0.15, 0.2) is 0 Å². The molecule has 3 aromatic heterocycles. The molecule has 0 aliphatic rings. The summed E-state index contributed by atoms with van der Waals surface area (Å²) in [4.78, 5) is 4.51. The number of para-hydroxylation sites is 2. The van der Waals surface area contributed by atoms with Gasteiger partial charge in [0.1, 0.15) is 0 Å². The Hall–Kier alpha value is -6.71. The lowest BCUT2D eigenvalue weighted by Crippen LogP contribution is -1.94. The average molecular weight is 636 g/mol. The van der Waals surface area contributed by atoms with Crippen molar-refractivity contribution >= 4 is 75.9 Å². The molecular formula is C47H29N3. The first-order valence-corrected chi connectivity index (χ1v) is 17.1. The van der Waals surface area contributed by atoms with Gasteiger partial charge in [-0.3, -0.25) is 4.98 Å². The van der Waals surface area contributed by atoms with Crippen LogP contribution in [-0.4, -0.2) is 14.1 Å². The van der Waals surface area contributed by atoms with Crippen LogP contribution in [0.3, 0.4) is 0 Å². The summed E-state index contributed by atoms with van der Waals surface area (Å²) < 4.78 is 4.77. The van der Waals surface area contributed by atoms with Gasteiger partial charge in [0.25, 0.3) is 0 Å². The summed E-state index contributed by atoms with van der Waals surface area (Å²) >= 11 is 0. The highest BCUT2D eigenvalue weighted by molar-refractivity contribution is 6.25. The maximum atomic E-state index is 4.51. The normalized spacial score (nSPS) is 12.0. The fourth-order valence-electron chi connectivity index (χ4n) is 8.37. The number of hydrogen-bond acceptors (Lipinski definition) is 1. The zero-order valence-electron chi connectivity index (χ0n) is 27.1. The summed E-state index contributed by atoms with van der Waals surface area (Å²) in [7, 11) is 0. The Bertz CT molecular complexity index is 3110. The fourth-order valence-corrected chi connectivity index (χ4v) is 8.37. The maximum absolute atomic E-state index is 4.51. The molecule has 0 fully saturated rings. The molecule has 0 radical (unpaired) electrons. The third kappa shape index (κ3) is 3.83. The van der Waals surface area contributed by atoms with Crippen LogP contribution in [0.4, 0.5) is 0 Å². The Morgan fingerprint density at radius 1 is 0.300 bits per heavy atom. The fraction of sp³-hybridized carbons (Fsp3) is 0. The first-order valence-electron chi connectivity index (χ1n) is 17.1. The van der Waals surface area contributed by atoms with Gasteiger partial charge in [-0.05, 0) is 104 Å². The van der Waals surface area contributed by atoms with Crippen molar-refractivity contribution in [3.63, 3.8) is 0 Å². The molecule has 0 saturated carbocycles. The molecule has 11 rings (SSSR count). The first kappa shape index (κ1) is 27.3. The number of pyridine rings is 1. The SMILES string of the molecule is c1ccc(-n2c3ccncc3c3cc(-c4ccc5c(c4)c4ccccc4n5-c4ccc5c6ccccc6c6ccccc6c5c4)ccc32)cc1. The Balaban J connectivity index is 1.12. The first-order chi connectivity index (χ1) is 24.8. The number of nitrogens with zero attached hydrogens (tertiary/aromatic N) is 3. The minimum Gasteiger partial charge on any atom is -0.309 e. The van der Waals surface area contributed by atoms with Crippen LogP contribution < -0.4 is 0 Å². The number of aromatic nitrogens is 3. The van der Waals surface area contributed by atoms with Crippen LogP contribution in [0, 0.1) is 0 Å². The molecule has 0 aliphatic heterocycles. The molecule has 0 bridgehead atoms. The van der Waals surface area contributed by atoms with E-state index in [0.717, 1.165) is 16.6 Å². The van der Waals surface area contributed by atoms with Gasteiger partial charge in [-0.1, -0.05) is 103 Å². The molecule has 11 aromatic rings. The van der Waals surface area contributed by atoms with E-state index >= 15 is 0 Å². The molecule has 3 heteroatoms. The monoisotopic (exact) mass is 635 g/mol. The van der Waals surface area contributed by atoms with Crippen molar-refractivity contribution in [3.05, 3.63) is 176 Å². The third-order valence-corrected chi connectivity index (χ3v) is 10.6. The highest BCUT2D eigenvalue weighted by atomic mass is 15.0. The number of rotatable bonds is 3. The van der Waals surface area contributed by atoms with Gasteiger partial charge in [0.05, 0.1) is 22.1 Å². The summed E-state index contributed by atoms with van der Waals surface area (Å²) in [5.74, 6) is 0. The molecule has 0 saturated heterocycles.